The van der Waals surface area contributed by atoms with Gasteiger partial charge < -0.3 is 14.3 Å². The second kappa shape index (κ2) is 8.14. The van der Waals surface area contributed by atoms with Crippen LogP contribution < -0.4 is 4.74 Å². The van der Waals surface area contributed by atoms with Crippen LogP contribution in [0.15, 0.2) is 36.4 Å². The molecule has 2 rings (SSSR count). The Morgan fingerprint density at radius 1 is 1.17 bits per heavy atom. The SMILES string of the molecule is COc1ccc2cc([C@H](C)C(=O)OCCCO[N+](=O)[O-])ccc2c1. The highest BCUT2D eigenvalue weighted by Gasteiger charge is 2.17. The number of ether oxygens (including phenoxy) is 2. The normalized spacial score (nSPS) is 11.8. The Labute approximate surface area is 139 Å². The number of carbonyl (C=O) groups excluding carboxylic acids is 1. The van der Waals surface area contributed by atoms with E-state index in [1.54, 1.807) is 14.0 Å². The number of hydrogen-bond donors (Lipinski definition) is 0. The predicted molar refractivity (Wildman–Crippen MR) is 87.4 cm³/mol. The molecule has 0 N–H and O–H groups in total. The maximum absolute atomic E-state index is 12.1. The van der Waals surface area contributed by atoms with Gasteiger partial charge in [0.05, 0.1) is 26.2 Å². The third-order valence-corrected chi connectivity index (χ3v) is 3.65. The lowest BCUT2D eigenvalue weighted by atomic mass is 9.98. The second-order valence-electron chi connectivity index (χ2n) is 5.27. The average Bonchev–Trinajstić information content (AvgIpc) is 2.59. The van der Waals surface area contributed by atoms with Crippen molar-refractivity contribution in [2.24, 2.45) is 0 Å². The van der Waals surface area contributed by atoms with Gasteiger partial charge in [-0.05, 0) is 35.4 Å². The summed E-state index contributed by atoms with van der Waals surface area (Å²) in [5, 5.41) is 11.2. The maximum Gasteiger partial charge on any atom is 0.313 e. The Bertz CT molecular complexity index is 730. The van der Waals surface area contributed by atoms with Gasteiger partial charge in [0, 0.05) is 6.42 Å². The van der Waals surface area contributed by atoms with Crippen LogP contribution >= 0.6 is 0 Å². The smallest absolute Gasteiger partial charge is 0.313 e. The van der Waals surface area contributed by atoms with E-state index < -0.39 is 11.0 Å². The summed E-state index contributed by atoms with van der Waals surface area (Å²) < 4.78 is 10.3. The van der Waals surface area contributed by atoms with E-state index >= 15 is 0 Å². The molecule has 24 heavy (non-hydrogen) atoms. The number of rotatable bonds is 8. The number of nitrogens with zero attached hydrogens (tertiary/aromatic N) is 1. The topological polar surface area (TPSA) is 87.9 Å². The summed E-state index contributed by atoms with van der Waals surface area (Å²) in [6.45, 7) is 1.76. The van der Waals surface area contributed by atoms with Crippen LogP contribution in [0.3, 0.4) is 0 Å². The molecule has 1 atom stereocenters. The highest BCUT2D eigenvalue weighted by atomic mass is 16.9. The minimum absolute atomic E-state index is 0.0851. The molecular weight excluding hydrogens is 314 g/mol. The lowest BCUT2D eigenvalue weighted by Gasteiger charge is -2.13. The lowest BCUT2D eigenvalue weighted by molar-refractivity contribution is -0.757. The molecule has 0 amide bonds. The van der Waals surface area contributed by atoms with Gasteiger partial charge in [-0.2, -0.15) is 0 Å². The molecule has 0 aromatic heterocycles. The van der Waals surface area contributed by atoms with E-state index in [-0.39, 0.29) is 25.6 Å². The molecule has 0 aliphatic heterocycles. The van der Waals surface area contributed by atoms with Gasteiger partial charge in [-0.25, -0.2) is 0 Å². The fourth-order valence-corrected chi connectivity index (χ4v) is 2.27. The van der Waals surface area contributed by atoms with Gasteiger partial charge in [-0.1, -0.05) is 24.3 Å². The minimum atomic E-state index is -0.867. The Morgan fingerprint density at radius 3 is 2.58 bits per heavy atom. The molecule has 0 bridgehead atoms. The highest BCUT2D eigenvalue weighted by molar-refractivity contribution is 5.86. The zero-order chi connectivity index (χ0) is 17.5. The first kappa shape index (κ1) is 17.5. The van der Waals surface area contributed by atoms with E-state index in [1.807, 2.05) is 36.4 Å². The van der Waals surface area contributed by atoms with Crippen molar-refractivity contribution in [3.63, 3.8) is 0 Å². The van der Waals surface area contributed by atoms with E-state index in [0.717, 1.165) is 22.1 Å². The Hall–Kier alpha value is -2.83. The number of esters is 1. The van der Waals surface area contributed by atoms with E-state index in [0.29, 0.717) is 0 Å². The zero-order valence-corrected chi connectivity index (χ0v) is 13.6. The van der Waals surface area contributed by atoms with E-state index in [2.05, 4.69) is 4.84 Å². The molecule has 7 heteroatoms. The third-order valence-electron chi connectivity index (χ3n) is 3.65. The van der Waals surface area contributed by atoms with Gasteiger partial charge in [-0.3, -0.25) is 4.79 Å². The van der Waals surface area contributed by atoms with Crippen LogP contribution in [-0.2, 0) is 14.4 Å². The molecule has 2 aromatic carbocycles. The first-order chi connectivity index (χ1) is 11.5. The van der Waals surface area contributed by atoms with Crippen molar-refractivity contribution in [2.75, 3.05) is 20.3 Å². The molecule has 7 nitrogen and oxygen atoms in total. The summed E-state index contributed by atoms with van der Waals surface area (Å²) in [5.41, 5.74) is 0.846. The van der Waals surface area contributed by atoms with Crippen LogP contribution in [0.25, 0.3) is 10.8 Å². The van der Waals surface area contributed by atoms with Crippen molar-refractivity contribution in [2.45, 2.75) is 19.3 Å². The molecule has 128 valence electrons. The van der Waals surface area contributed by atoms with Crippen molar-refractivity contribution >= 4 is 16.7 Å². The fourth-order valence-electron chi connectivity index (χ4n) is 2.27. The highest BCUT2D eigenvalue weighted by Crippen LogP contribution is 2.25. The van der Waals surface area contributed by atoms with Crippen molar-refractivity contribution < 1.29 is 24.2 Å². The number of fused-ring (bicyclic) bond motifs is 1. The molecule has 0 aliphatic rings. The summed E-state index contributed by atoms with van der Waals surface area (Å²) in [7, 11) is 1.62. The van der Waals surface area contributed by atoms with Crippen LogP contribution in [0.1, 0.15) is 24.8 Å². The molecule has 0 saturated carbocycles. The number of hydrogen-bond acceptors (Lipinski definition) is 6. The Morgan fingerprint density at radius 2 is 1.88 bits per heavy atom. The van der Waals surface area contributed by atoms with Crippen molar-refractivity contribution in [3.05, 3.63) is 52.1 Å². The fraction of sp³-hybridized carbons (Fsp3) is 0.353. The van der Waals surface area contributed by atoms with Gasteiger partial charge in [0.25, 0.3) is 5.09 Å². The molecule has 2 aromatic rings. The Balaban J connectivity index is 1.95. The molecule has 0 unspecified atom stereocenters. The summed E-state index contributed by atoms with van der Waals surface area (Å²) in [5.74, 6) is -0.0171. The molecule has 0 spiro atoms. The third kappa shape index (κ3) is 4.58. The van der Waals surface area contributed by atoms with E-state index in [4.69, 9.17) is 9.47 Å². The lowest BCUT2D eigenvalue weighted by Crippen LogP contribution is -2.15. The monoisotopic (exact) mass is 333 g/mol. The van der Waals surface area contributed by atoms with E-state index in [9.17, 15) is 14.9 Å². The van der Waals surface area contributed by atoms with Gasteiger partial charge >= 0.3 is 5.97 Å². The summed E-state index contributed by atoms with van der Waals surface area (Å²) in [4.78, 5) is 26.2. The van der Waals surface area contributed by atoms with Crippen molar-refractivity contribution in [1.82, 2.24) is 0 Å². The first-order valence-electron chi connectivity index (χ1n) is 7.53. The van der Waals surface area contributed by atoms with Crippen molar-refractivity contribution in [3.8, 4) is 5.75 Å². The summed E-state index contributed by atoms with van der Waals surface area (Å²) >= 11 is 0. The molecule has 0 aliphatic carbocycles. The van der Waals surface area contributed by atoms with Crippen LogP contribution in [0.4, 0.5) is 0 Å². The largest absolute Gasteiger partial charge is 0.497 e. The molecule has 0 radical (unpaired) electrons. The summed E-state index contributed by atoms with van der Waals surface area (Å²) in [6.07, 6.45) is 0.275. The van der Waals surface area contributed by atoms with E-state index in [1.165, 1.54) is 0 Å². The molecule has 0 saturated heterocycles. The minimum Gasteiger partial charge on any atom is -0.497 e. The van der Waals surface area contributed by atoms with Gasteiger partial charge in [0.1, 0.15) is 5.75 Å². The zero-order valence-electron chi connectivity index (χ0n) is 13.6. The standard InChI is InChI=1S/C17H19NO6/c1-12(17(19)23-8-3-9-24-18(20)21)13-4-5-15-11-16(22-2)7-6-14(15)10-13/h4-7,10-12H,3,8-9H2,1-2H3/t12-/m0/s1. The first-order valence-corrected chi connectivity index (χ1v) is 7.53. The maximum atomic E-state index is 12.1. The van der Waals surface area contributed by atoms with Crippen molar-refractivity contribution in [1.29, 1.82) is 0 Å². The van der Waals surface area contributed by atoms with Gasteiger partial charge in [0.15, 0.2) is 0 Å². The molecule has 0 heterocycles. The molecule has 0 fully saturated rings. The van der Waals surface area contributed by atoms with Crippen LogP contribution in [-0.4, -0.2) is 31.4 Å². The van der Waals surface area contributed by atoms with Crippen LogP contribution in [0, 0.1) is 10.1 Å². The number of benzene rings is 2. The van der Waals surface area contributed by atoms with Gasteiger partial charge in [-0.15, -0.1) is 10.1 Å². The van der Waals surface area contributed by atoms with Crippen LogP contribution in [0.2, 0.25) is 0 Å². The van der Waals surface area contributed by atoms with Crippen LogP contribution in [0.5, 0.6) is 5.75 Å². The average molecular weight is 333 g/mol. The van der Waals surface area contributed by atoms with Gasteiger partial charge in [0.2, 0.25) is 0 Å². The molecular formula is C17H19NO6. The summed E-state index contributed by atoms with van der Waals surface area (Å²) in [6, 6.07) is 11.5. The second-order valence-corrected chi connectivity index (χ2v) is 5.27. The predicted octanol–water partition coefficient (Wildman–Crippen LogP) is 3.09. The Kier molecular flexibility index (Phi) is 5.95. The number of methoxy groups -OCH3 is 1. The quantitative estimate of drug-likeness (QED) is 0.319. The number of carbonyl (C=O) groups is 1.